The van der Waals surface area contributed by atoms with Crippen LogP contribution in [-0.4, -0.2) is 48.4 Å². The molecule has 0 aliphatic carbocycles. The van der Waals surface area contributed by atoms with Crippen LogP contribution in [0.5, 0.6) is 0 Å². The number of nitrogens with zero attached hydrogens (tertiary/aromatic N) is 2. The number of carbonyl (C=O) groups is 1. The zero-order valence-electron chi connectivity index (χ0n) is 14.3. The van der Waals surface area contributed by atoms with Crippen molar-refractivity contribution < 1.29 is 4.79 Å². The zero-order chi connectivity index (χ0) is 17.5. The predicted octanol–water partition coefficient (Wildman–Crippen LogP) is 2.77. The number of amides is 1. The van der Waals surface area contributed by atoms with Crippen molar-refractivity contribution in [3.05, 3.63) is 70.7 Å². The Hall–Kier alpha value is -1.88. The molecule has 3 rings (SSSR count). The molecule has 4 nitrogen and oxygen atoms in total. The summed E-state index contributed by atoms with van der Waals surface area (Å²) in [5.74, 6) is 0.0865. The molecule has 0 radical (unpaired) electrons. The molecule has 0 atom stereocenters. The second-order valence-corrected chi connectivity index (χ2v) is 6.81. The molecule has 1 aliphatic rings. The van der Waals surface area contributed by atoms with E-state index in [0.29, 0.717) is 13.1 Å². The third-order valence-electron chi connectivity index (χ3n) is 4.52. The first-order valence-electron chi connectivity index (χ1n) is 8.69. The van der Waals surface area contributed by atoms with Crippen LogP contribution >= 0.6 is 11.6 Å². The third kappa shape index (κ3) is 5.56. The molecule has 1 saturated heterocycles. The van der Waals surface area contributed by atoms with Crippen molar-refractivity contribution in [3.8, 4) is 0 Å². The highest BCUT2D eigenvalue weighted by atomic mass is 35.5. The standard InChI is InChI=1S/C20H24ClN3O/c21-19-9-5-4-8-18(19)15-23-10-12-24(13-11-23)16-20(25)22-14-17-6-2-1-3-7-17/h1-9H,10-16H2,(H,22,25). The maximum absolute atomic E-state index is 12.1. The van der Waals surface area contributed by atoms with Gasteiger partial charge in [0.05, 0.1) is 6.54 Å². The molecule has 0 unspecified atom stereocenters. The summed E-state index contributed by atoms with van der Waals surface area (Å²) < 4.78 is 0. The minimum atomic E-state index is 0.0865. The molecular weight excluding hydrogens is 334 g/mol. The van der Waals surface area contributed by atoms with Crippen LogP contribution in [0.15, 0.2) is 54.6 Å². The van der Waals surface area contributed by atoms with Crippen molar-refractivity contribution in [2.75, 3.05) is 32.7 Å². The van der Waals surface area contributed by atoms with Crippen LogP contribution in [0.4, 0.5) is 0 Å². The lowest BCUT2D eigenvalue weighted by Gasteiger charge is -2.34. The van der Waals surface area contributed by atoms with Gasteiger partial charge in [-0.3, -0.25) is 14.6 Å². The van der Waals surface area contributed by atoms with Gasteiger partial charge in [-0.1, -0.05) is 60.1 Å². The average molecular weight is 358 g/mol. The molecule has 1 fully saturated rings. The van der Waals surface area contributed by atoms with Crippen molar-refractivity contribution in [2.24, 2.45) is 0 Å². The number of halogens is 1. The number of hydrogen-bond donors (Lipinski definition) is 1. The van der Waals surface area contributed by atoms with Crippen LogP contribution in [0.3, 0.4) is 0 Å². The quantitative estimate of drug-likeness (QED) is 0.863. The van der Waals surface area contributed by atoms with Crippen LogP contribution in [0.1, 0.15) is 11.1 Å². The second kappa shape index (κ2) is 8.99. The maximum atomic E-state index is 12.1. The van der Waals surface area contributed by atoms with Gasteiger partial charge in [-0.05, 0) is 17.2 Å². The molecule has 0 saturated carbocycles. The molecule has 2 aromatic rings. The Labute approximate surface area is 154 Å². The summed E-state index contributed by atoms with van der Waals surface area (Å²) in [5.41, 5.74) is 2.29. The molecule has 5 heteroatoms. The molecule has 0 spiro atoms. The van der Waals surface area contributed by atoms with E-state index in [9.17, 15) is 4.79 Å². The number of piperazine rings is 1. The highest BCUT2D eigenvalue weighted by Gasteiger charge is 2.19. The Morgan fingerprint density at radius 1 is 0.920 bits per heavy atom. The van der Waals surface area contributed by atoms with Gasteiger partial charge in [0.25, 0.3) is 0 Å². The number of rotatable bonds is 6. The van der Waals surface area contributed by atoms with Gasteiger partial charge in [0.15, 0.2) is 0 Å². The lowest BCUT2D eigenvalue weighted by atomic mass is 10.2. The fourth-order valence-corrected chi connectivity index (χ4v) is 3.22. The highest BCUT2D eigenvalue weighted by Crippen LogP contribution is 2.17. The van der Waals surface area contributed by atoms with Crippen molar-refractivity contribution in [1.82, 2.24) is 15.1 Å². The molecule has 25 heavy (non-hydrogen) atoms. The van der Waals surface area contributed by atoms with Gasteiger partial charge in [0, 0.05) is 44.3 Å². The molecule has 1 amide bonds. The SMILES string of the molecule is O=C(CN1CCN(Cc2ccccc2Cl)CC1)NCc1ccccc1. The molecule has 1 aliphatic heterocycles. The largest absolute Gasteiger partial charge is 0.351 e. The smallest absolute Gasteiger partial charge is 0.234 e. The van der Waals surface area contributed by atoms with Gasteiger partial charge in [-0.25, -0.2) is 0 Å². The first-order valence-corrected chi connectivity index (χ1v) is 9.07. The van der Waals surface area contributed by atoms with Crippen LogP contribution in [0.2, 0.25) is 5.02 Å². The number of benzene rings is 2. The summed E-state index contributed by atoms with van der Waals surface area (Å²) in [5, 5.41) is 3.82. The Morgan fingerprint density at radius 3 is 2.28 bits per heavy atom. The number of hydrogen-bond acceptors (Lipinski definition) is 3. The molecule has 0 aromatic heterocycles. The van der Waals surface area contributed by atoms with Crippen molar-refractivity contribution in [3.63, 3.8) is 0 Å². The minimum absolute atomic E-state index is 0.0865. The molecule has 132 valence electrons. The van der Waals surface area contributed by atoms with Gasteiger partial charge in [-0.2, -0.15) is 0 Å². The van der Waals surface area contributed by atoms with E-state index in [-0.39, 0.29) is 5.91 Å². The monoisotopic (exact) mass is 357 g/mol. The van der Waals surface area contributed by atoms with Crippen molar-refractivity contribution in [1.29, 1.82) is 0 Å². The fourth-order valence-electron chi connectivity index (χ4n) is 3.03. The van der Waals surface area contributed by atoms with Crippen LogP contribution in [-0.2, 0) is 17.9 Å². The summed E-state index contributed by atoms with van der Waals surface area (Å²) >= 11 is 6.24. The van der Waals surface area contributed by atoms with Crippen LogP contribution in [0.25, 0.3) is 0 Å². The van der Waals surface area contributed by atoms with E-state index in [1.165, 1.54) is 5.56 Å². The van der Waals surface area contributed by atoms with E-state index in [4.69, 9.17) is 11.6 Å². The van der Waals surface area contributed by atoms with Crippen molar-refractivity contribution >= 4 is 17.5 Å². The van der Waals surface area contributed by atoms with E-state index in [0.717, 1.165) is 43.3 Å². The number of carbonyl (C=O) groups excluding carboxylic acids is 1. The molecule has 2 aromatic carbocycles. The highest BCUT2D eigenvalue weighted by molar-refractivity contribution is 6.31. The van der Waals surface area contributed by atoms with Gasteiger partial charge in [-0.15, -0.1) is 0 Å². The molecule has 1 heterocycles. The van der Waals surface area contributed by atoms with E-state index in [1.807, 2.05) is 48.5 Å². The lowest BCUT2D eigenvalue weighted by Crippen LogP contribution is -2.49. The Balaban J connectivity index is 1.39. The summed E-state index contributed by atoms with van der Waals surface area (Å²) in [6.45, 7) is 5.65. The van der Waals surface area contributed by atoms with E-state index in [2.05, 4.69) is 21.2 Å². The summed E-state index contributed by atoms with van der Waals surface area (Å²) in [6.07, 6.45) is 0. The average Bonchev–Trinajstić information content (AvgIpc) is 2.64. The fraction of sp³-hybridized carbons (Fsp3) is 0.350. The Morgan fingerprint density at radius 2 is 1.56 bits per heavy atom. The zero-order valence-corrected chi connectivity index (χ0v) is 15.1. The van der Waals surface area contributed by atoms with Gasteiger partial charge in [0.2, 0.25) is 5.91 Å². The Bertz CT molecular complexity index is 684. The Kier molecular flexibility index (Phi) is 6.45. The first kappa shape index (κ1) is 17.9. The summed E-state index contributed by atoms with van der Waals surface area (Å²) in [7, 11) is 0. The van der Waals surface area contributed by atoms with E-state index >= 15 is 0 Å². The van der Waals surface area contributed by atoms with Gasteiger partial charge in [0.1, 0.15) is 0 Å². The third-order valence-corrected chi connectivity index (χ3v) is 4.89. The van der Waals surface area contributed by atoms with E-state index in [1.54, 1.807) is 0 Å². The van der Waals surface area contributed by atoms with E-state index < -0.39 is 0 Å². The topological polar surface area (TPSA) is 35.6 Å². The van der Waals surface area contributed by atoms with Gasteiger partial charge < -0.3 is 5.32 Å². The van der Waals surface area contributed by atoms with Crippen LogP contribution < -0.4 is 5.32 Å². The first-order chi connectivity index (χ1) is 12.2. The number of nitrogens with one attached hydrogen (secondary N) is 1. The lowest BCUT2D eigenvalue weighted by molar-refractivity contribution is -0.122. The summed E-state index contributed by atoms with van der Waals surface area (Å²) in [6, 6.07) is 18.0. The predicted molar refractivity (Wildman–Crippen MR) is 101 cm³/mol. The van der Waals surface area contributed by atoms with Crippen molar-refractivity contribution in [2.45, 2.75) is 13.1 Å². The van der Waals surface area contributed by atoms with Gasteiger partial charge >= 0.3 is 0 Å². The maximum Gasteiger partial charge on any atom is 0.234 e. The van der Waals surface area contributed by atoms with Crippen LogP contribution in [0, 0.1) is 0 Å². The summed E-state index contributed by atoms with van der Waals surface area (Å²) in [4.78, 5) is 16.7. The minimum Gasteiger partial charge on any atom is -0.351 e. The molecule has 1 N–H and O–H groups in total. The molecular formula is C20H24ClN3O. The normalized spacial score (nSPS) is 15.9. The second-order valence-electron chi connectivity index (χ2n) is 6.41. The molecule has 0 bridgehead atoms.